The summed E-state index contributed by atoms with van der Waals surface area (Å²) in [5.41, 5.74) is 2.06. The van der Waals surface area contributed by atoms with Crippen LogP contribution in [0.1, 0.15) is 24.2 Å². The summed E-state index contributed by atoms with van der Waals surface area (Å²) < 4.78 is 15.6. The largest absolute Gasteiger partial charge is 0.305 e. The highest BCUT2D eigenvalue weighted by Gasteiger charge is 2.17. The summed E-state index contributed by atoms with van der Waals surface area (Å²) in [6.45, 7) is 2.87. The summed E-state index contributed by atoms with van der Waals surface area (Å²) in [6.07, 6.45) is 1.76. The molecular weight excluding hydrogens is 297 g/mol. The smallest absolute Gasteiger partial charge is 0.137 e. The van der Waals surface area contributed by atoms with Gasteiger partial charge in [0.1, 0.15) is 5.82 Å². The maximum Gasteiger partial charge on any atom is 0.137 e. The standard InChI is InChI=1S/C13H15BrFN3/c1-3-16-13(12-6-7-17-18(12)2)9-4-5-11(15)10(14)8-9/h4-8,13,16H,3H2,1-2H3. The predicted octanol–water partition coefficient (Wildman–Crippen LogP) is 3.02. The van der Waals surface area contributed by atoms with Crippen molar-refractivity contribution in [3.63, 3.8) is 0 Å². The second kappa shape index (κ2) is 5.63. The molecule has 0 aliphatic heterocycles. The van der Waals surface area contributed by atoms with Crippen LogP contribution in [0.15, 0.2) is 34.9 Å². The summed E-state index contributed by atoms with van der Waals surface area (Å²) in [5, 5.41) is 7.56. The van der Waals surface area contributed by atoms with Gasteiger partial charge in [-0.05, 0) is 46.2 Å². The molecular formula is C13H15BrFN3. The molecule has 1 atom stereocenters. The van der Waals surface area contributed by atoms with Crippen molar-refractivity contribution in [2.75, 3.05) is 6.54 Å². The lowest BCUT2D eigenvalue weighted by molar-refractivity contribution is 0.569. The van der Waals surface area contributed by atoms with E-state index in [4.69, 9.17) is 0 Å². The lowest BCUT2D eigenvalue weighted by Crippen LogP contribution is -2.24. The molecule has 2 rings (SSSR count). The highest BCUT2D eigenvalue weighted by molar-refractivity contribution is 9.10. The Hall–Kier alpha value is -1.20. The first-order valence-corrected chi connectivity index (χ1v) is 6.59. The fourth-order valence-corrected chi connectivity index (χ4v) is 2.35. The number of halogens is 2. The topological polar surface area (TPSA) is 29.9 Å². The van der Waals surface area contributed by atoms with Crippen LogP contribution in [-0.2, 0) is 7.05 Å². The Labute approximate surface area is 114 Å². The molecule has 0 saturated carbocycles. The van der Waals surface area contributed by atoms with Gasteiger partial charge in [0.25, 0.3) is 0 Å². The highest BCUT2D eigenvalue weighted by Crippen LogP contribution is 2.25. The molecule has 1 aromatic carbocycles. The normalized spacial score (nSPS) is 12.7. The number of hydrogen-bond acceptors (Lipinski definition) is 2. The van der Waals surface area contributed by atoms with E-state index in [1.54, 1.807) is 18.3 Å². The molecule has 0 amide bonds. The van der Waals surface area contributed by atoms with Crippen LogP contribution in [0.3, 0.4) is 0 Å². The lowest BCUT2D eigenvalue weighted by Gasteiger charge is -2.19. The van der Waals surface area contributed by atoms with Crippen LogP contribution < -0.4 is 5.32 Å². The fraction of sp³-hybridized carbons (Fsp3) is 0.308. The number of nitrogens with one attached hydrogen (secondary N) is 1. The molecule has 0 bridgehead atoms. The molecule has 0 aliphatic rings. The third-order valence-electron chi connectivity index (χ3n) is 2.84. The van der Waals surface area contributed by atoms with Gasteiger partial charge < -0.3 is 5.32 Å². The van der Waals surface area contributed by atoms with E-state index in [9.17, 15) is 4.39 Å². The van der Waals surface area contributed by atoms with E-state index in [-0.39, 0.29) is 11.9 Å². The summed E-state index contributed by atoms with van der Waals surface area (Å²) in [5.74, 6) is -0.251. The number of hydrogen-bond donors (Lipinski definition) is 1. The van der Waals surface area contributed by atoms with Crippen LogP contribution in [0.5, 0.6) is 0 Å². The Morgan fingerprint density at radius 1 is 1.44 bits per heavy atom. The van der Waals surface area contributed by atoms with E-state index in [1.165, 1.54) is 6.07 Å². The maximum absolute atomic E-state index is 13.3. The van der Waals surface area contributed by atoms with Gasteiger partial charge in [-0.15, -0.1) is 0 Å². The number of rotatable bonds is 4. The first kappa shape index (κ1) is 13.2. The van der Waals surface area contributed by atoms with Crippen molar-refractivity contribution in [3.05, 3.63) is 52.0 Å². The average Bonchev–Trinajstić information content (AvgIpc) is 2.76. The molecule has 0 radical (unpaired) electrons. The van der Waals surface area contributed by atoms with Crippen molar-refractivity contribution < 1.29 is 4.39 Å². The molecule has 3 nitrogen and oxygen atoms in total. The zero-order chi connectivity index (χ0) is 13.1. The van der Waals surface area contributed by atoms with Gasteiger partial charge in [0.05, 0.1) is 16.2 Å². The zero-order valence-electron chi connectivity index (χ0n) is 10.3. The third kappa shape index (κ3) is 2.62. The maximum atomic E-state index is 13.3. The van der Waals surface area contributed by atoms with Gasteiger partial charge in [-0.25, -0.2) is 4.39 Å². The van der Waals surface area contributed by atoms with E-state index in [0.717, 1.165) is 17.8 Å². The molecule has 18 heavy (non-hydrogen) atoms. The van der Waals surface area contributed by atoms with E-state index < -0.39 is 0 Å². The second-order valence-electron chi connectivity index (χ2n) is 4.04. The molecule has 1 aromatic heterocycles. The molecule has 1 unspecified atom stereocenters. The second-order valence-corrected chi connectivity index (χ2v) is 4.90. The number of aromatic nitrogens is 2. The first-order valence-electron chi connectivity index (χ1n) is 5.79. The van der Waals surface area contributed by atoms with E-state index in [2.05, 4.69) is 26.3 Å². The fourth-order valence-electron chi connectivity index (χ4n) is 1.96. The van der Waals surface area contributed by atoms with Crippen LogP contribution in [0, 0.1) is 5.82 Å². The minimum absolute atomic E-state index is 0.0133. The van der Waals surface area contributed by atoms with Crippen molar-refractivity contribution in [1.82, 2.24) is 15.1 Å². The molecule has 0 saturated heterocycles. The molecule has 1 N–H and O–H groups in total. The Kier molecular flexibility index (Phi) is 4.14. The lowest BCUT2D eigenvalue weighted by atomic mass is 10.0. The van der Waals surface area contributed by atoms with Gasteiger partial charge in [0.2, 0.25) is 0 Å². The molecule has 2 aromatic rings. The van der Waals surface area contributed by atoms with Gasteiger partial charge >= 0.3 is 0 Å². The molecule has 0 fully saturated rings. The number of aryl methyl sites for hydroxylation is 1. The summed E-state index contributed by atoms with van der Waals surface area (Å²) >= 11 is 3.22. The minimum atomic E-state index is -0.251. The van der Waals surface area contributed by atoms with Crippen molar-refractivity contribution >= 4 is 15.9 Å². The van der Waals surface area contributed by atoms with Crippen LogP contribution in [0.25, 0.3) is 0 Å². The SMILES string of the molecule is CCNC(c1ccc(F)c(Br)c1)c1ccnn1C. The van der Waals surface area contributed by atoms with E-state index >= 15 is 0 Å². The Balaban J connectivity index is 2.41. The Morgan fingerprint density at radius 2 is 2.22 bits per heavy atom. The molecule has 0 spiro atoms. The Morgan fingerprint density at radius 3 is 2.78 bits per heavy atom. The minimum Gasteiger partial charge on any atom is -0.305 e. The monoisotopic (exact) mass is 311 g/mol. The van der Waals surface area contributed by atoms with Gasteiger partial charge in [0.15, 0.2) is 0 Å². The zero-order valence-corrected chi connectivity index (χ0v) is 11.9. The van der Waals surface area contributed by atoms with Crippen molar-refractivity contribution in [1.29, 1.82) is 0 Å². The molecule has 1 heterocycles. The van der Waals surface area contributed by atoms with Gasteiger partial charge in [0, 0.05) is 13.2 Å². The first-order chi connectivity index (χ1) is 8.63. The van der Waals surface area contributed by atoms with Crippen LogP contribution in [0.4, 0.5) is 4.39 Å². The highest BCUT2D eigenvalue weighted by atomic mass is 79.9. The summed E-state index contributed by atoms with van der Waals surface area (Å²) in [7, 11) is 1.90. The van der Waals surface area contributed by atoms with Crippen molar-refractivity contribution in [3.8, 4) is 0 Å². The van der Waals surface area contributed by atoms with Crippen molar-refractivity contribution in [2.24, 2.45) is 7.05 Å². The van der Waals surface area contributed by atoms with E-state index in [1.807, 2.05) is 24.7 Å². The Bertz CT molecular complexity index is 539. The third-order valence-corrected chi connectivity index (χ3v) is 3.45. The van der Waals surface area contributed by atoms with Crippen LogP contribution >= 0.6 is 15.9 Å². The van der Waals surface area contributed by atoms with Gasteiger partial charge in [-0.2, -0.15) is 5.10 Å². The van der Waals surface area contributed by atoms with Crippen LogP contribution in [-0.4, -0.2) is 16.3 Å². The van der Waals surface area contributed by atoms with Crippen LogP contribution in [0.2, 0.25) is 0 Å². The van der Waals surface area contributed by atoms with Gasteiger partial charge in [-0.1, -0.05) is 13.0 Å². The van der Waals surface area contributed by atoms with E-state index in [0.29, 0.717) is 4.47 Å². The average molecular weight is 312 g/mol. The quantitative estimate of drug-likeness (QED) is 0.940. The predicted molar refractivity (Wildman–Crippen MR) is 72.8 cm³/mol. The molecule has 0 aliphatic carbocycles. The van der Waals surface area contributed by atoms with Gasteiger partial charge in [-0.3, -0.25) is 4.68 Å². The van der Waals surface area contributed by atoms with Crippen molar-refractivity contribution in [2.45, 2.75) is 13.0 Å². The summed E-state index contributed by atoms with van der Waals surface area (Å²) in [4.78, 5) is 0. The molecule has 96 valence electrons. The molecule has 5 heteroatoms. The number of nitrogens with zero attached hydrogens (tertiary/aromatic N) is 2. The summed E-state index contributed by atoms with van der Waals surface area (Å²) in [6, 6.07) is 7.04. The number of benzene rings is 1.